The van der Waals surface area contributed by atoms with Crippen molar-refractivity contribution in [3.63, 3.8) is 0 Å². The topological polar surface area (TPSA) is 63.4 Å². The molecule has 1 aromatic heterocycles. The molecule has 16 heavy (non-hydrogen) atoms. The van der Waals surface area contributed by atoms with Crippen LogP contribution >= 0.6 is 11.8 Å². The van der Waals surface area contributed by atoms with E-state index in [1.807, 2.05) is 0 Å². The van der Waals surface area contributed by atoms with Gasteiger partial charge in [0.2, 0.25) is 5.91 Å². The Balaban J connectivity index is 1.92. The van der Waals surface area contributed by atoms with Crippen molar-refractivity contribution >= 4 is 22.8 Å². The first-order valence-corrected chi connectivity index (χ1v) is 5.87. The maximum absolute atomic E-state index is 11.6. The second-order valence-electron chi connectivity index (χ2n) is 3.70. The van der Waals surface area contributed by atoms with Crippen LogP contribution in [0.15, 0.2) is 16.9 Å². The maximum Gasteiger partial charge on any atom is 0.224 e. The van der Waals surface area contributed by atoms with Crippen LogP contribution in [0.4, 0.5) is 0 Å². The molecule has 5 nitrogen and oxygen atoms in total. The van der Waals surface area contributed by atoms with Crippen molar-refractivity contribution in [3.8, 4) is 0 Å². The Labute approximate surface area is 97.2 Å². The van der Waals surface area contributed by atoms with Crippen LogP contribution in [-0.4, -0.2) is 32.9 Å². The summed E-state index contributed by atoms with van der Waals surface area (Å²) in [6.45, 7) is 2.59. The number of thioether (sulfide) groups is 1. The molecule has 1 saturated heterocycles. The Morgan fingerprint density at radius 2 is 2.56 bits per heavy atom. The van der Waals surface area contributed by atoms with Gasteiger partial charge in [0.1, 0.15) is 12.0 Å². The van der Waals surface area contributed by atoms with E-state index in [0.29, 0.717) is 19.5 Å². The third-order valence-electron chi connectivity index (χ3n) is 2.36. The Morgan fingerprint density at radius 3 is 3.19 bits per heavy atom. The highest BCUT2D eigenvalue weighted by molar-refractivity contribution is 8.14. The van der Waals surface area contributed by atoms with Crippen LogP contribution in [0.5, 0.6) is 0 Å². The Morgan fingerprint density at radius 1 is 1.75 bits per heavy atom. The van der Waals surface area contributed by atoms with Gasteiger partial charge in [-0.2, -0.15) is 0 Å². The van der Waals surface area contributed by atoms with Crippen molar-refractivity contribution in [2.24, 2.45) is 0 Å². The molecule has 1 aliphatic heterocycles. The lowest BCUT2D eigenvalue weighted by Gasteiger charge is -2.13. The predicted octanol–water partition coefficient (Wildman–Crippen LogP) is 1.06. The zero-order valence-corrected chi connectivity index (χ0v) is 9.70. The fraction of sp³-hybridized carbons (Fsp3) is 0.500. The van der Waals surface area contributed by atoms with Crippen molar-refractivity contribution in [1.82, 2.24) is 10.1 Å². The minimum Gasteiger partial charge on any atom is -0.364 e. The molecule has 1 amide bonds. The van der Waals surface area contributed by atoms with E-state index in [1.54, 1.807) is 11.0 Å². The predicted molar refractivity (Wildman–Crippen MR) is 58.6 cm³/mol. The summed E-state index contributed by atoms with van der Waals surface area (Å²) < 4.78 is 4.70. The maximum atomic E-state index is 11.6. The molecule has 1 aliphatic rings. The van der Waals surface area contributed by atoms with Crippen molar-refractivity contribution in [3.05, 3.63) is 18.0 Å². The van der Waals surface area contributed by atoms with E-state index < -0.39 is 0 Å². The molecule has 1 fully saturated rings. The monoisotopic (exact) mass is 240 g/mol. The van der Waals surface area contributed by atoms with Crippen LogP contribution in [0.2, 0.25) is 0 Å². The summed E-state index contributed by atoms with van der Waals surface area (Å²) in [4.78, 5) is 24.3. The molecule has 0 saturated carbocycles. The van der Waals surface area contributed by atoms with Gasteiger partial charge in [0.25, 0.3) is 0 Å². The zero-order chi connectivity index (χ0) is 11.5. The van der Waals surface area contributed by atoms with Crippen molar-refractivity contribution in [2.75, 3.05) is 6.54 Å². The fourth-order valence-corrected chi connectivity index (χ4v) is 2.67. The molecular weight excluding hydrogens is 228 g/mol. The number of nitrogens with zero attached hydrogens (tertiary/aromatic N) is 2. The molecule has 2 rings (SSSR count). The normalized spacial score (nSPS) is 20.4. The third-order valence-corrected chi connectivity index (χ3v) is 3.34. The number of rotatable bonds is 3. The van der Waals surface area contributed by atoms with Crippen molar-refractivity contribution < 1.29 is 14.1 Å². The quantitative estimate of drug-likeness (QED) is 0.790. The van der Waals surface area contributed by atoms with Crippen LogP contribution in [0.1, 0.15) is 19.0 Å². The zero-order valence-electron chi connectivity index (χ0n) is 8.88. The molecule has 0 N–H and O–H groups in total. The Kier molecular flexibility index (Phi) is 3.28. The molecule has 2 heterocycles. The summed E-state index contributed by atoms with van der Waals surface area (Å²) in [6.07, 6.45) is 1.92. The van der Waals surface area contributed by atoms with E-state index in [9.17, 15) is 9.59 Å². The smallest absolute Gasteiger partial charge is 0.224 e. The van der Waals surface area contributed by atoms with Gasteiger partial charge in [0, 0.05) is 31.2 Å². The van der Waals surface area contributed by atoms with Gasteiger partial charge >= 0.3 is 0 Å². The SMILES string of the molecule is CC(=O)SC1CC(=O)N(Cc2ccon2)C1. The number of hydrogen-bond acceptors (Lipinski definition) is 5. The number of aromatic nitrogens is 1. The Bertz CT molecular complexity index is 391. The summed E-state index contributed by atoms with van der Waals surface area (Å²) in [5.41, 5.74) is 0.738. The van der Waals surface area contributed by atoms with E-state index in [2.05, 4.69) is 5.16 Å². The number of likely N-dealkylation sites (tertiary alicyclic amines) is 1. The number of carbonyl (C=O) groups is 2. The average Bonchev–Trinajstić information content (AvgIpc) is 2.77. The lowest BCUT2D eigenvalue weighted by molar-refractivity contribution is -0.128. The molecule has 0 radical (unpaired) electrons. The lowest BCUT2D eigenvalue weighted by atomic mass is 10.4. The number of carbonyl (C=O) groups excluding carboxylic acids is 2. The fourth-order valence-electron chi connectivity index (χ4n) is 1.72. The minimum absolute atomic E-state index is 0.0566. The first-order chi connectivity index (χ1) is 7.65. The van der Waals surface area contributed by atoms with Crippen molar-refractivity contribution in [2.45, 2.75) is 25.1 Å². The van der Waals surface area contributed by atoms with Crippen LogP contribution in [0, 0.1) is 0 Å². The molecule has 1 atom stereocenters. The summed E-state index contributed by atoms with van der Waals surface area (Å²) in [6, 6.07) is 1.73. The first kappa shape index (κ1) is 11.2. The van der Waals surface area contributed by atoms with Crippen LogP contribution in [0.25, 0.3) is 0 Å². The molecule has 1 unspecified atom stereocenters. The standard InChI is InChI=1S/C10H12N2O3S/c1-7(13)16-9-4-10(14)12(6-9)5-8-2-3-15-11-8/h2-3,9H,4-6H2,1H3. The third kappa shape index (κ3) is 2.63. The molecule has 0 bridgehead atoms. The molecule has 1 aromatic rings. The number of hydrogen-bond donors (Lipinski definition) is 0. The molecule has 6 heteroatoms. The van der Waals surface area contributed by atoms with Crippen molar-refractivity contribution in [1.29, 1.82) is 0 Å². The average molecular weight is 240 g/mol. The second-order valence-corrected chi connectivity index (χ2v) is 5.18. The van der Waals surface area contributed by atoms with Gasteiger partial charge in [-0.15, -0.1) is 0 Å². The Hall–Kier alpha value is -1.30. The van der Waals surface area contributed by atoms with Crippen LogP contribution < -0.4 is 0 Å². The highest BCUT2D eigenvalue weighted by Gasteiger charge is 2.31. The van der Waals surface area contributed by atoms with E-state index >= 15 is 0 Å². The van der Waals surface area contributed by atoms with E-state index in [0.717, 1.165) is 5.69 Å². The molecule has 0 aliphatic carbocycles. The van der Waals surface area contributed by atoms with Gasteiger partial charge in [-0.1, -0.05) is 16.9 Å². The molecule has 86 valence electrons. The van der Waals surface area contributed by atoms with Crippen LogP contribution in [-0.2, 0) is 16.1 Å². The summed E-state index contributed by atoms with van der Waals surface area (Å²) in [5.74, 6) is 0.0711. The largest absolute Gasteiger partial charge is 0.364 e. The second kappa shape index (κ2) is 4.69. The van der Waals surface area contributed by atoms with Gasteiger partial charge in [-0.05, 0) is 0 Å². The van der Waals surface area contributed by atoms with E-state index in [1.165, 1.54) is 24.9 Å². The van der Waals surface area contributed by atoms with Gasteiger partial charge in [-0.25, -0.2) is 0 Å². The number of amides is 1. The van der Waals surface area contributed by atoms with Gasteiger partial charge in [0.15, 0.2) is 5.12 Å². The van der Waals surface area contributed by atoms with Gasteiger partial charge in [-0.3, -0.25) is 9.59 Å². The minimum atomic E-state index is 0.0566. The highest BCUT2D eigenvalue weighted by Crippen LogP contribution is 2.25. The highest BCUT2D eigenvalue weighted by atomic mass is 32.2. The first-order valence-electron chi connectivity index (χ1n) is 4.99. The molecule has 0 aromatic carbocycles. The van der Waals surface area contributed by atoms with Crippen LogP contribution in [0.3, 0.4) is 0 Å². The summed E-state index contributed by atoms with van der Waals surface area (Å²) in [7, 11) is 0. The van der Waals surface area contributed by atoms with Gasteiger partial charge < -0.3 is 9.42 Å². The van der Waals surface area contributed by atoms with E-state index in [-0.39, 0.29) is 16.3 Å². The molecular formula is C10H12N2O3S. The lowest BCUT2D eigenvalue weighted by Crippen LogP contribution is -2.25. The van der Waals surface area contributed by atoms with Gasteiger partial charge in [0.05, 0.1) is 6.54 Å². The van der Waals surface area contributed by atoms with E-state index in [4.69, 9.17) is 4.52 Å². The summed E-state index contributed by atoms with van der Waals surface area (Å²) in [5, 5.41) is 3.89. The molecule has 0 spiro atoms. The summed E-state index contributed by atoms with van der Waals surface area (Å²) >= 11 is 1.24.